The van der Waals surface area contributed by atoms with Gasteiger partial charge in [-0.15, -0.1) is 0 Å². The number of carbonyl (C=O) groups excluding carboxylic acids is 1. The maximum atomic E-state index is 13.0. The van der Waals surface area contributed by atoms with Gasteiger partial charge in [-0.05, 0) is 62.2 Å². The number of alkyl halides is 3. The van der Waals surface area contributed by atoms with Gasteiger partial charge < -0.3 is 19.6 Å². The van der Waals surface area contributed by atoms with Crippen molar-refractivity contribution in [2.24, 2.45) is 0 Å². The molecule has 3 aromatic rings. The van der Waals surface area contributed by atoms with Gasteiger partial charge in [0.15, 0.2) is 0 Å². The molecule has 1 saturated carbocycles. The monoisotopic (exact) mass is 529 g/mol. The van der Waals surface area contributed by atoms with E-state index in [1.165, 1.54) is 18.6 Å². The highest BCUT2D eigenvalue weighted by Gasteiger charge is 2.31. The number of nitrogens with one attached hydrogen (secondary N) is 1. The minimum absolute atomic E-state index is 0.0369. The number of ether oxygens (including phenoxy) is 1. The maximum Gasteiger partial charge on any atom is 0.416 e. The predicted molar refractivity (Wildman–Crippen MR) is 135 cm³/mol. The molecule has 0 radical (unpaired) electrons. The summed E-state index contributed by atoms with van der Waals surface area (Å²) in [7, 11) is 0. The normalized spacial score (nSPS) is 15.2. The van der Waals surface area contributed by atoms with Gasteiger partial charge in [-0.2, -0.15) is 13.2 Å². The van der Waals surface area contributed by atoms with E-state index in [1.54, 1.807) is 24.3 Å². The van der Waals surface area contributed by atoms with E-state index in [9.17, 15) is 22.8 Å². The number of benzene rings is 2. The van der Waals surface area contributed by atoms with Gasteiger partial charge in [0.25, 0.3) is 5.91 Å². The zero-order valence-electron chi connectivity index (χ0n) is 21.0. The second-order valence-electron chi connectivity index (χ2n) is 9.52. The van der Waals surface area contributed by atoms with E-state index >= 15 is 0 Å². The van der Waals surface area contributed by atoms with E-state index in [0.717, 1.165) is 49.1 Å². The van der Waals surface area contributed by atoms with E-state index in [1.807, 2.05) is 13.0 Å². The van der Waals surface area contributed by atoms with Crippen LogP contribution < -0.4 is 10.1 Å². The van der Waals surface area contributed by atoms with Gasteiger partial charge >= 0.3 is 12.1 Å². The Morgan fingerprint density at radius 1 is 1.05 bits per heavy atom. The highest BCUT2D eigenvalue weighted by atomic mass is 19.4. The number of hydrogen-bond acceptors (Lipinski definition) is 4. The molecule has 0 bridgehead atoms. The summed E-state index contributed by atoms with van der Waals surface area (Å²) in [6.07, 6.45) is 0.327. The number of rotatable bonds is 9. The number of aliphatic carboxylic acids is 1. The summed E-state index contributed by atoms with van der Waals surface area (Å²) in [6.45, 7) is 1.93. The lowest BCUT2D eigenvalue weighted by Crippen LogP contribution is -2.25. The molecule has 38 heavy (non-hydrogen) atoms. The number of hydrogen-bond donors (Lipinski definition) is 2. The molecule has 1 aliphatic rings. The first-order chi connectivity index (χ1) is 18.1. The lowest BCUT2D eigenvalue weighted by molar-refractivity contribution is -0.138. The smallest absolute Gasteiger partial charge is 0.416 e. The zero-order chi connectivity index (χ0) is 27.3. The minimum atomic E-state index is -4.41. The molecular formula is C29H30F3NO5. The van der Waals surface area contributed by atoms with Crippen molar-refractivity contribution in [1.29, 1.82) is 0 Å². The Kier molecular flexibility index (Phi) is 8.44. The molecule has 6 nitrogen and oxygen atoms in total. The van der Waals surface area contributed by atoms with Crippen molar-refractivity contribution in [1.82, 2.24) is 5.32 Å². The number of amides is 1. The Morgan fingerprint density at radius 3 is 2.32 bits per heavy atom. The van der Waals surface area contributed by atoms with Crippen LogP contribution in [0.3, 0.4) is 0 Å². The van der Waals surface area contributed by atoms with Gasteiger partial charge in [0, 0.05) is 29.2 Å². The van der Waals surface area contributed by atoms with Gasteiger partial charge in [-0.25, -0.2) is 0 Å². The summed E-state index contributed by atoms with van der Waals surface area (Å²) in [5, 5.41) is 11.3. The molecule has 1 heterocycles. The average Bonchev–Trinajstić information content (AvgIpc) is 3.35. The number of carboxylic acids is 1. The third kappa shape index (κ3) is 6.76. The Hall–Kier alpha value is -3.75. The summed E-state index contributed by atoms with van der Waals surface area (Å²) in [5.41, 5.74) is 1.08. The lowest BCUT2D eigenvalue weighted by Gasteiger charge is -2.23. The lowest BCUT2D eigenvalue weighted by atomic mass is 9.85. The summed E-state index contributed by atoms with van der Waals surface area (Å²) in [4.78, 5) is 22.8. The second kappa shape index (κ2) is 11.8. The van der Waals surface area contributed by atoms with Crippen LogP contribution in [-0.4, -0.2) is 23.5 Å². The topological polar surface area (TPSA) is 88.8 Å². The Balaban J connectivity index is 1.52. The number of halogens is 3. The molecular weight excluding hydrogens is 499 g/mol. The molecule has 202 valence electrons. The number of carboxylic acid groups (broad SMARTS) is 1. The molecule has 1 fully saturated rings. The van der Waals surface area contributed by atoms with Crippen LogP contribution in [0.5, 0.6) is 5.75 Å². The van der Waals surface area contributed by atoms with Gasteiger partial charge in [0.2, 0.25) is 0 Å². The summed E-state index contributed by atoms with van der Waals surface area (Å²) >= 11 is 0. The van der Waals surface area contributed by atoms with Gasteiger partial charge in [-0.3, -0.25) is 9.59 Å². The highest BCUT2D eigenvalue weighted by Crippen LogP contribution is 2.41. The van der Waals surface area contributed by atoms with Crippen molar-refractivity contribution in [3.05, 3.63) is 77.0 Å². The molecule has 0 spiro atoms. The maximum absolute atomic E-state index is 13.0. The van der Waals surface area contributed by atoms with Crippen LogP contribution in [0.25, 0.3) is 11.3 Å². The summed E-state index contributed by atoms with van der Waals surface area (Å²) in [6, 6.07) is 13.3. The molecule has 9 heteroatoms. The van der Waals surface area contributed by atoms with Gasteiger partial charge in [0.05, 0.1) is 12.0 Å². The van der Waals surface area contributed by atoms with Crippen molar-refractivity contribution in [2.75, 3.05) is 6.54 Å². The van der Waals surface area contributed by atoms with E-state index < -0.39 is 23.8 Å². The quantitative estimate of drug-likeness (QED) is 0.302. The number of carbonyl (C=O) groups is 2. The molecule has 4 rings (SSSR count). The van der Waals surface area contributed by atoms with Crippen LogP contribution in [0.1, 0.15) is 84.7 Å². The molecule has 1 aromatic heterocycles. The van der Waals surface area contributed by atoms with Gasteiger partial charge in [0.1, 0.15) is 23.4 Å². The Labute approximate surface area is 218 Å². The fraction of sp³-hybridized carbons (Fsp3) is 0.379. The fourth-order valence-corrected chi connectivity index (χ4v) is 4.72. The highest BCUT2D eigenvalue weighted by molar-refractivity contribution is 5.94. The van der Waals surface area contributed by atoms with Crippen LogP contribution in [0, 0.1) is 0 Å². The SMILES string of the molecule is CC(Oc1ccc(C(=O)NCCC(=O)O)cc1)c1cc(-c2ccc(C(F)(F)F)cc2)oc1C1CCCCC1. The van der Waals surface area contributed by atoms with Crippen LogP contribution in [0.15, 0.2) is 59.0 Å². The molecule has 2 aromatic carbocycles. The Morgan fingerprint density at radius 2 is 1.71 bits per heavy atom. The van der Waals surface area contributed by atoms with Crippen molar-refractivity contribution < 1.29 is 37.0 Å². The van der Waals surface area contributed by atoms with Crippen LogP contribution >= 0.6 is 0 Å². The predicted octanol–water partition coefficient (Wildman–Crippen LogP) is 7.36. The molecule has 0 saturated heterocycles. The van der Waals surface area contributed by atoms with Crippen LogP contribution in [0.2, 0.25) is 0 Å². The molecule has 1 unspecified atom stereocenters. The molecule has 0 aliphatic heterocycles. The third-order valence-electron chi connectivity index (χ3n) is 6.76. The molecule has 2 N–H and O–H groups in total. The van der Waals surface area contributed by atoms with Crippen LogP contribution in [-0.2, 0) is 11.0 Å². The third-order valence-corrected chi connectivity index (χ3v) is 6.76. The van der Waals surface area contributed by atoms with Crippen molar-refractivity contribution in [3.63, 3.8) is 0 Å². The number of furan rings is 1. The molecule has 1 atom stereocenters. The largest absolute Gasteiger partial charge is 0.486 e. The second-order valence-corrected chi connectivity index (χ2v) is 9.52. The zero-order valence-corrected chi connectivity index (χ0v) is 21.0. The van der Waals surface area contributed by atoms with E-state index in [2.05, 4.69) is 5.32 Å². The Bertz CT molecular complexity index is 1240. The first-order valence-corrected chi connectivity index (χ1v) is 12.7. The van der Waals surface area contributed by atoms with Crippen molar-refractivity contribution in [2.45, 2.75) is 63.6 Å². The molecule has 1 amide bonds. The summed E-state index contributed by atoms with van der Waals surface area (Å²) < 4.78 is 51.5. The standard InChI is InChI=1S/C29H30F3NO5/c1-18(37-23-13-9-21(10-14-23)28(36)33-16-15-26(34)35)24-17-25(38-27(24)20-5-3-2-4-6-20)19-7-11-22(12-8-19)29(30,31)32/h7-14,17-18,20H,2-6,15-16H2,1H3,(H,33,36)(H,34,35). The first kappa shape index (κ1) is 27.3. The van der Waals surface area contributed by atoms with E-state index in [-0.39, 0.29) is 24.8 Å². The van der Waals surface area contributed by atoms with Gasteiger partial charge in [-0.1, -0.05) is 31.4 Å². The molecule has 1 aliphatic carbocycles. The van der Waals surface area contributed by atoms with Crippen molar-refractivity contribution in [3.8, 4) is 17.1 Å². The average molecular weight is 530 g/mol. The minimum Gasteiger partial charge on any atom is -0.486 e. The van der Waals surface area contributed by atoms with E-state index in [4.69, 9.17) is 14.3 Å². The van der Waals surface area contributed by atoms with E-state index in [0.29, 0.717) is 22.6 Å². The van der Waals surface area contributed by atoms with Crippen LogP contribution in [0.4, 0.5) is 13.2 Å². The summed E-state index contributed by atoms with van der Waals surface area (Å²) in [5.74, 6) is 0.689. The first-order valence-electron chi connectivity index (χ1n) is 12.7. The fourth-order valence-electron chi connectivity index (χ4n) is 4.72. The van der Waals surface area contributed by atoms with Crippen molar-refractivity contribution >= 4 is 11.9 Å².